The first-order valence-corrected chi connectivity index (χ1v) is 12.1. The first kappa shape index (κ1) is 25.0. The molecule has 7 nitrogen and oxygen atoms in total. The Morgan fingerprint density at radius 2 is 1.50 bits per heavy atom. The smallest absolute Gasteiger partial charge is 0.418 e. The van der Waals surface area contributed by atoms with Crippen LogP contribution in [-0.2, 0) is 21.6 Å². The largest absolute Gasteiger partial charge is 0.430 e. The van der Waals surface area contributed by atoms with Crippen LogP contribution in [-0.4, -0.2) is 29.0 Å². The molecule has 1 fully saturated rings. The highest BCUT2D eigenvalue weighted by Gasteiger charge is 2.59. The van der Waals surface area contributed by atoms with E-state index < -0.39 is 29.7 Å². The molecular formula is C29H30N4O3. The molecule has 0 radical (unpaired) electrons. The second kappa shape index (κ2) is 10.3. The Balaban J connectivity index is 1.85. The van der Waals surface area contributed by atoms with E-state index in [-0.39, 0.29) is 12.3 Å². The average molecular weight is 483 g/mol. The number of carbonyl (C=O) groups excluding carboxylic acids is 2. The molecule has 4 rings (SSSR count). The lowest BCUT2D eigenvalue weighted by molar-refractivity contribution is -0.131. The van der Waals surface area contributed by atoms with Crippen molar-refractivity contribution in [2.24, 2.45) is 11.0 Å². The molecule has 0 spiro atoms. The summed E-state index contributed by atoms with van der Waals surface area (Å²) in [5.41, 5.74) is 12.6. The maximum atomic E-state index is 13.9. The maximum Gasteiger partial charge on any atom is 0.418 e. The van der Waals surface area contributed by atoms with Crippen molar-refractivity contribution in [2.45, 2.75) is 51.8 Å². The van der Waals surface area contributed by atoms with Crippen LogP contribution in [0.1, 0.15) is 41.7 Å². The zero-order valence-electron chi connectivity index (χ0n) is 21.0. The molecule has 1 saturated heterocycles. The van der Waals surface area contributed by atoms with Crippen LogP contribution in [0.15, 0.2) is 84.0 Å². The van der Waals surface area contributed by atoms with Crippen molar-refractivity contribution >= 4 is 12.0 Å². The second-order valence-electron chi connectivity index (χ2n) is 9.64. The summed E-state index contributed by atoms with van der Waals surface area (Å²) in [6.07, 6.45) is -0.563. The van der Waals surface area contributed by atoms with E-state index in [0.717, 1.165) is 27.8 Å². The van der Waals surface area contributed by atoms with Gasteiger partial charge in [-0.25, -0.2) is 9.69 Å². The van der Waals surface area contributed by atoms with Gasteiger partial charge < -0.3 is 4.74 Å². The van der Waals surface area contributed by atoms with Crippen molar-refractivity contribution in [3.8, 4) is 0 Å². The van der Waals surface area contributed by atoms with Gasteiger partial charge in [-0.05, 0) is 37.3 Å². The molecule has 36 heavy (non-hydrogen) atoms. The van der Waals surface area contributed by atoms with Crippen LogP contribution < -0.4 is 0 Å². The van der Waals surface area contributed by atoms with Gasteiger partial charge in [0.2, 0.25) is 5.91 Å². The number of rotatable bonds is 7. The maximum absolute atomic E-state index is 13.9. The first-order chi connectivity index (χ1) is 17.3. The van der Waals surface area contributed by atoms with E-state index in [1.165, 1.54) is 4.90 Å². The summed E-state index contributed by atoms with van der Waals surface area (Å²) in [4.78, 5) is 31.5. The molecular weight excluding hydrogens is 452 g/mol. The van der Waals surface area contributed by atoms with Gasteiger partial charge in [0.05, 0.1) is 6.04 Å². The Morgan fingerprint density at radius 3 is 1.97 bits per heavy atom. The topological polar surface area (TPSA) is 95.4 Å². The minimum absolute atomic E-state index is 0.161. The number of nitrogens with zero attached hydrogens (tertiary/aromatic N) is 4. The van der Waals surface area contributed by atoms with Crippen LogP contribution in [0.25, 0.3) is 10.4 Å². The summed E-state index contributed by atoms with van der Waals surface area (Å²) in [6, 6.07) is 23.2. The monoisotopic (exact) mass is 482 g/mol. The number of hydrogen-bond donors (Lipinski definition) is 0. The lowest BCUT2D eigenvalue weighted by Crippen LogP contribution is -2.52. The Kier molecular flexibility index (Phi) is 7.13. The van der Waals surface area contributed by atoms with Gasteiger partial charge in [0.15, 0.2) is 5.60 Å². The van der Waals surface area contributed by atoms with Crippen molar-refractivity contribution in [1.82, 2.24) is 4.90 Å². The normalized spacial score (nSPS) is 17.4. The van der Waals surface area contributed by atoms with E-state index in [1.54, 1.807) is 0 Å². The van der Waals surface area contributed by atoms with Gasteiger partial charge in [0, 0.05) is 16.0 Å². The van der Waals surface area contributed by atoms with E-state index in [0.29, 0.717) is 0 Å². The van der Waals surface area contributed by atoms with Gasteiger partial charge in [-0.3, -0.25) is 4.79 Å². The SMILES string of the molecule is Cc1ccc(C2(c3ccc(C)cc3)OC(=O)N(C(=O)[C@@H](Cc3ccccc3)N=[N+]=[N-])[C@H]2C(C)C)cc1. The summed E-state index contributed by atoms with van der Waals surface area (Å²) in [5, 5.41) is 3.79. The molecule has 1 aliphatic rings. The fourth-order valence-electron chi connectivity index (χ4n) is 5.00. The van der Waals surface area contributed by atoms with Crippen LogP contribution in [0.3, 0.4) is 0 Å². The van der Waals surface area contributed by atoms with E-state index in [1.807, 2.05) is 107 Å². The minimum Gasteiger partial charge on any atom is -0.430 e. The van der Waals surface area contributed by atoms with Gasteiger partial charge in [0.1, 0.15) is 6.04 Å². The molecule has 0 aliphatic carbocycles. The fraction of sp³-hybridized carbons (Fsp3) is 0.310. The van der Waals surface area contributed by atoms with Gasteiger partial charge in [-0.2, -0.15) is 0 Å². The quantitative estimate of drug-likeness (QED) is 0.219. The van der Waals surface area contributed by atoms with Crippen molar-refractivity contribution < 1.29 is 14.3 Å². The average Bonchev–Trinajstić information content (AvgIpc) is 3.19. The molecule has 0 unspecified atom stereocenters. The number of ether oxygens (including phenoxy) is 1. The van der Waals surface area contributed by atoms with Crippen molar-refractivity contribution in [3.05, 3.63) is 117 Å². The number of hydrogen-bond acceptors (Lipinski definition) is 4. The Labute approximate surface area is 211 Å². The third kappa shape index (κ3) is 4.58. The molecule has 0 N–H and O–H groups in total. The van der Waals surface area contributed by atoms with Crippen LogP contribution >= 0.6 is 0 Å². The standard InChI is InChI=1S/C29H30N4O3/c1-19(2)26-29(23-14-10-20(3)11-15-23,24-16-12-21(4)13-17-24)36-28(35)33(26)27(34)25(31-32-30)18-22-8-6-5-7-9-22/h5-17,19,25-26H,18H2,1-4H3/t25-,26+/m1/s1. The van der Waals surface area contributed by atoms with Gasteiger partial charge in [0.25, 0.3) is 0 Å². The lowest BCUT2D eigenvalue weighted by Gasteiger charge is -2.38. The number of aryl methyl sites for hydroxylation is 2. The van der Waals surface area contributed by atoms with E-state index in [4.69, 9.17) is 4.74 Å². The predicted octanol–water partition coefficient (Wildman–Crippen LogP) is 6.47. The molecule has 0 aromatic heterocycles. The molecule has 2 amide bonds. The highest BCUT2D eigenvalue weighted by atomic mass is 16.6. The molecule has 3 aromatic rings. The molecule has 2 atom stereocenters. The minimum atomic E-state index is -1.21. The van der Waals surface area contributed by atoms with Crippen LogP contribution in [0, 0.1) is 19.8 Å². The van der Waals surface area contributed by atoms with Crippen LogP contribution in [0.5, 0.6) is 0 Å². The number of amides is 2. The molecule has 3 aromatic carbocycles. The van der Waals surface area contributed by atoms with Gasteiger partial charge in [-0.1, -0.05) is 109 Å². The number of cyclic esters (lactones) is 1. The summed E-state index contributed by atoms with van der Waals surface area (Å²) >= 11 is 0. The number of azide groups is 1. The third-order valence-electron chi connectivity index (χ3n) is 6.72. The van der Waals surface area contributed by atoms with E-state index >= 15 is 0 Å². The first-order valence-electron chi connectivity index (χ1n) is 12.1. The fourth-order valence-corrected chi connectivity index (χ4v) is 5.00. The molecule has 184 valence electrons. The summed E-state index contributed by atoms with van der Waals surface area (Å²) in [5.74, 6) is -0.729. The van der Waals surface area contributed by atoms with Crippen LogP contribution in [0.2, 0.25) is 0 Å². The highest BCUT2D eigenvalue weighted by molar-refractivity contribution is 5.97. The van der Waals surface area contributed by atoms with Gasteiger partial charge in [-0.15, -0.1) is 0 Å². The zero-order chi connectivity index (χ0) is 25.9. The van der Waals surface area contributed by atoms with Crippen molar-refractivity contribution in [1.29, 1.82) is 0 Å². The summed E-state index contributed by atoms with van der Waals surface area (Å²) in [6.45, 7) is 7.91. The molecule has 7 heteroatoms. The summed E-state index contributed by atoms with van der Waals surface area (Å²) < 4.78 is 6.22. The second-order valence-corrected chi connectivity index (χ2v) is 9.64. The molecule has 0 bridgehead atoms. The zero-order valence-corrected chi connectivity index (χ0v) is 21.0. The molecule has 0 saturated carbocycles. The third-order valence-corrected chi connectivity index (χ3v) is 6.72. The predicted molar refractivity (Wildman–Crippen MR) is 138 cm³/mol. The number of benzene rings is 3. The molecule has 1 aliphatic heterocycles. The lowest BCUT2D eigenvalue weighted by atomic mass is 9.75. The molecule has 1 heterocycles. The Morgan fingerprint density at radius 1 is 0.972 bits per heavy atom. The Hall–Kier alpha value is -4.09. The van der Waals surface area contributed by atoms with Crippen molar-refractivity contribution in [2.75, 3.05) is 0 Å². The van der Waals surface area contributed by atoms with E-state index in [2.05, 4.69) is 10.0 Å². The summed E-state index contributed by atoms with van der Waals surface area (Å²) in [7, 11) is 0. The number of carbonyl (C=O) groups is 2. The highest BCUT2D eigenvalue weighted by Crippen LogP contribution is 2.47. The van der Waals surface area contributed by atoms with Gasteiger partial charge >= 0.3 is 6.09 Å². The van der Waals surface area contributed by atoms with Crippen molar-refractivity contribution in [3.63, 3.8) is 0 Å². The Bertz CT molecular complexity index is 1230. The number of imide groups is 1. The van der Waals surface area contributed by atoms with Crippen LogP contribution in [0.4, 0.5) is 4.79 Å². The van der Waals surface area contributed by atoms with E-state index in [9.17, 15) is 15.1 Å².